The molecule has 0 aromatic heterocycles. The zero-order chi connectivity index (χ0) is 14.3. The Hall–Kier alpha value is -0.780. The molecular weight excluding hydrogens is 289 g/mol. The fourth-order valence-corrected chi connectivity index (χ4v) is 2.18. The molecule has 0 bridgehead atoms. The van der Waals surface area contributed by atoms with Crippen molar-refractivity contribution in [1.82, 2.24) is 5.32 Å². The lowest BCUT2D eigenvalue weighted by Gasteiger charge is -2.12. The van der Waals surface area contributed by atoms with Crippen molar-refractivity contribution in [3.63, 3.8) is 0 Å². The first-order valence-corrected chi connectivity index (χ1v) is 7.55. The van der Waals surface area contributed by atoms with Gasteiger partial charge in [0, 0.05) is 18.7 Å². The topological polar surface area (TPSA) is 49.3 Å². The fraction of sp³-hybridized carbons (Fsp3) is 0.462. The Morgan fingerprint density at radius 2 is 2.32 bits per heavy atom. The lowest BCUT2D eigenvalue weighted by molar-refractivity contribution is -0.121. The second-order valence-corrected chi connectivity index (χ2v) is 5.74. The van der Waals surface area contributed by atoms with Gasteiger partial charge in [-0.15, -0.1) is 0 Å². The fourth-order valence-electron chi connectivity index (χ4n) is 1.45. The van der Waals surface area contributed by atoms with E-state index in [9.17, 15) is 14.3 Å². The Morgan fingerprint density at radius 1 is 1.58 bits per heavy atom. The minimum Gasteiger partial charge on any atom is -0.387 e. The molecule has 19 heavy (non-hydrogen) atoms. The van der Waals surface area contributed by atoms with Crippen LogP contribution in [0.1, 0.15) is 25.0 Å². The van der Waals surface area contributed by atoms with E-state index in [0.717, 1.165) is 11.5 Å². The summed E-state index contributed by atoms with van der Waals surface area (Å²) in [7, 11) is 0. The van der Waals surface area contributed by atoms with Crippen molar-refractivity contribution in [1.29, 1.82) is 0 Å². The van der Waals surface area contributed by atoms with Gasteiger partial charge >= 0.3 is 0 Å². The molecule has 2 N–H and O–H groups in total. The predicted octanol–water partition coefficient (Wildman–Crippen LogP) is 2.77. The van der Waals surface area contributed by atoms with E-state index < -0.39 is 11.9 Å². The first-order chi connectivity index (χ1) is 9.04. The standard InChI is InChI=1S/C13H17ClFNO2S/c1-2-19-6-5-13(18)16-8-12(17)9-3-4-10(14)11(15)7-9/h3-4,7,12,17H,2,5-6,8H2,1H3,(H,16,18). The van der Waals surface area contributed by atoms with Gasteiger partial charge in [-0.1, -0.05) is 24.6 Å². The van der Waals surface area contributed by atoms with Crippen LogP contribution in [0.15, 0.2) is 18.2 Å². The van der Waals surface area contributed by atoms with Crippen LogP contribution in [0.3, 0.4) is 0 Å². The summed E-state index contributed by atoms with van der Waals surface area (Å²) >= 11 is 7.24. The molecule has 0 spiro atoms. The van der Waals surface area contributed by atoms with Crippen LogP contribution < -0.4 is 5.32 Å². The van der Waals surface area contributed by atoms with Gasteiger partial charge in [-0.3, -0.25) is 4.79 Å². The average molecular weight is 306 g/mol. The number of aliphatic hydroxyl groups excluding tert-OH is 1. The molecule has 106 valence electrons. The Labute approximate surface area is 121 Å². The second-order valence-electron chi connectivity index (χ2n) is 3.94. The molecule has 1 atom stereocenters. The number of carbonyl (C=O) groups excluding carboxylic acids is 1. The van der Waals surface area contributed by atoms with Gasteiger partial charge in [0.05, 0.1) is 11.1 Å². The van der Waals surface area contributed by atoms with E-state index in [0.29, 0.717) is 12.0 Å². The van der Waals surface area contributed by atoms with Crippen LogP contribution in [-0.2, 0) is 4.79 Å². The van der Waals surface area contributed by atoms with E-state index in [1.165, 1.54) is 18.2 Å². The van der Waals surface area contributed by atoms with E-state index in [1.54, 1.807) is 11.8 Å². The third-order valence-corrected chi connectivity index (χ3v) is 3.71. The van der Waals surface area contributed by atoms with Gasteiger partial charge in [0.25, 0.3) is 0 Å². The van der Waals surface area contributed by atoms with Crippen molar-refractivity contribution >= 4 is 29.3 Å². The van der Waals surface area contributed by atoms with E-state index >= 15 is 0 Å². The highest BCUT2D eigenvalue weighted by Crippen LogP contribution is 2.19. The highest BCUT2D eigenvalue weighted by atomic mass is 35.5. The monoisotopic (exact) mass is 305 g/mol. The van der Waals surface area contributed by atoms with E-state index in [1.807, 2.05) is 6.92 Å². The number of carbonyl (C=O) groups is 1. The van der Waals surface area contributed by atoms with Crippen molar-refractivity contribution in [2.24, 2.45) is 0 Å². The maximum atomic E-state index is 13.2. The lowest BCUT2D eigenvalue weighted by atomic mass is 10.1. The van der Waals surface area contributed by atoms with Gasteiger partial charge in [-0.25, -0.2) is 4.39 Å². The number of hydrogen-bond donors (Lipinski definition) is 2. The molecule has 1 unspecified atom stereocenters. The van der Waals surface area contributed by atoms with Crippen molar-refractivity contribution in [2.75, 3.05) is 18.1 Å². The highest BCUT2D eigenvalue weighted by Gasteiger charge is 2.11. The molecule has 0 saturated heterocycles. The van der Waals surface area contributed by atoms with Crippen molar-refractivity contribution in [3.05, 3.63) is 34.6 Å². The van der Waals surface area contributed by atoms with Crippen molar-refractivity contribution < 1.29 is 14.3 Å². The zero-order valence-electron chi connectivity index (χ0n) is 10.7. The highest BCUT2D eigenvalue weighted by molar-refractivity contribution is 7.99. The number of benzene rings is 1. The molecule has 0 aliphatic carbocycles. The summed E-state index contributed by atoms with van der Waals surface area (Å²) in [5.41, 5.74) is 0.394. The van der Waals surface area contributed by atoms with Crippen LogP contribution in [-0.4, -0.2) is 29.1 Å². The summed E-state index contributed by atoms with van der Waals surface area (Å²) in [6.07, 6.45) is -0.519. The molecule has 0 saturated carbocycles. The number of nitrogens with one attached hydrogen (secondary N) is 1. The van der Waals surface area contributed by atoms with E-state index in [-0.39, 0.29) is 17.5 Å². The Bertz CT molecular complexity index is 431. The molecule has 0 aliphatic rings. The molecule has 0 heterocycles. The molecule has 1 rings (SSSR count). The summed E-state index contributed by atoms with van der Waals surface area (Å²) in [5.74, 6) is 1.03. The predicted molar refractivity (Wildman–Crippen MR) is 77.0 cm³/mol. The van der Waals surface area contributed by atoms with Crippen molar-refractivity contribution in [3.8, 4) is 0 Å². The minimum atomic E-state index is -0.936. The van der Waals surface area contributed by atoms with Gasteiger partial charge in [0.1, 0.15) is 5.82 Å². The van der Waals surface area contributed by atoms with Crippen LogP contribution in [0, 0.1) is 5.82 Å². The maximum absolute atomic E-state index is 13.2. The Morgan fingerprint density at radius 3 is 2.95 bits per heavy atom. The lowest BCUT2D eigenvalue weighted by Crippen LogP contribution is -2.28. The first kappa shape index (κ1) is 16.3. The summed E-state index contributed by atoms with van der Waals surface area (Å²) in [4.78, 5) is 11.4. The van der Waals surface area contributed by atoms with Gasteiger partial charge in [0.15, 0.2) is 0 Å². The molecule has 1 aromatic carbocycles. The van der Waals surface area contributed by atoms with Crippen molar-refractivity contribution in [2.45, 2.75) is 19.4 Å². The molecule has 3 nitrogen and oxygen atoms in total. The Balaban J connectivity index is 2.40. The van der Waals surface area contributed by atoms with Crippen LogP contribution >= 0.6 is 23.4 Å². The first-order valence-electron chi connectivity index (χ1n) is 6.02. The number of thioether (sulfide) groups is 1. The normalized spacial score (nSPS) is 12.2. The van der Waals surface area contributed by atoms with Crippen LogP contribution in [0.2, 0.25) is 5.02 Å². The summed E-state index contributed by atoms with van der Waals surface area (Å²) in [5, 5.41) is 12.5. The molecule has 0 radical (unpaired) electrons. The largest absolute Gasteiger partial charge is 0.387 e. The molecule has 0 fully saturated rings. The Kier molecular flexibility index (Phi) is 7.20. The average Bonchev–Trinajstić information content (AvgIpc) is 2.39. The quantitative estimate of drug-likeness (QED) is 0.762. The van der Waals surface area contributed by atoms with Gasteiger partial charge in [-0.2, -0.15) is 11.8 Å². The molecule has 1 aromatic rings. The summed E-state index contributed by atoms with van der Waals surface area (Å²) < 4.78 is 13.2. The smallest absolute Gasteiger partial charge is 0.220 e. The van der Waals surface area contributed by atoms with Crippen LogP contribution in [0.5, 0.6) is 0 Å². The second kappa shape index (κ2) is 8.40. The number of halogens is 2. The third kappa shape index (κ3) is 5.80. The van der Waals surface area contributed by atoms with E-state index in [4.69, 9.17) is 11.6 Å². The van der Waals surface area contributed by atoms with Gasteiger partial charge < -0.3 is 10.4 Å². The van der Waals surface area contributed by atoms with Crippen LogP contribution in [0.4, 0.5) is 4.39 Å². The SMILES string of the molecule is CCSCCC(=O)NCC(O)c1ccc(Cl)c(F)c1. The number of hydrogen-bond acceptors (Lipinski definition) is 3. The third-order valence-electron chi connectivity index (χ3n) is 2.50. The van der Waals surface area contributed by atoms with Crippen LogP contribution in [0.25, 0.3) is 0 Å². The maximum Gasteiger partial charge on any atom is 0.220 e. The summed E-state index contributed by atoms with van der Waals surface area (Å²) in [6.45, 7) is 2.10. The molecular formula is C13H17ClFNO2S. The van der Waals surface area contributed by atoms with Gasteiger partial charge in [0.2, 0.25) is 5.91 Å². The molecule has 0 aliphatic heterocycles. The number of rotatable bonds is 7. The molecule has 1 amide bonds. The van der Waals surface area contributed by atoms with E-state index in [2.05, 4.69) is 5.32 Å². The summed E-state index contributed by atoms with van der Waals surface area (Å²) in [6, 6.07) is 4.09. The number of amides is 1. The molecule has 6 heteroatoms. The number of aliphatic hydroxyl groups is 1. The zero-order valence-corrected chi connectivity index (χ0v) is 12.2. The minimum absolute atomic E-state index is 0.0107. The van der Waals surface area contributed by atoms with Gasteiger partial charge in [-0.05, 0) is 23.4 Å².